The van der Waals surface area contributed by atoms with Crippen LogP contribution in [0.5, 0.6) is 0 Å². The number of hydrogen-bond acceptors (Lipinski definition) is 6. The van der Waals surface area contributed by atoms with Gasteiger partial charge in [-0.25, -0.2) is 19.9 Å². The normalized spacial score (nSPS) is 16.2. The van der Waals surface area contributed by atoms with Crippen LogP contribution in [0.3, 0.4) is 0 Å². The van der Waals surface area contributed by atoms with E-state index in [0.717, 1.165) is 47.8 Å². The molecule has 1 saturated heterocycles. The summed E-state index contributed by atoms with van der Waals surface area (Å²) >= 11 is 1.71. The Morgan fingerprint density at radius 2 is 2.12 bits per heavy atom. The monoisotopic (exact) mass is 344 g/mol. The Bertz CT molecular complexity index is 918. The van der Waals surface area contributed by atoms with Crippen molar-refractivity contribution in [2.24, 2.45) is 0 Å². The number of aryl methyl sites for hydroxylation is 1. The van der Waals surface area contributed by atoms with Crippen LogP contribution in [0.1, 0.15) is 36.4 Å². The molecule has 126 valence electrons. The molecule has 3 aromatic heterocycles. The quantitative estimate of drug-likeness (QED) is 0.788. The Labute approximate surface area is 143 Å². The third-order valence-corrected chi connectivity index (χ3v) is 5.65. The number of aromatic nitrogens is 5. The molecule has 7 nitrogen and oxygen atoms in total. The van der Waals surface area contributed by atoms with Gasteiger partial charge in [0.2, 0.25) is 0 Å². The molecule has 0 aliphatic carbocycles. The van der Waals surface area contributed by atoms with Crippen LogP contribution in [0.15, 0.2) is 17.2 Å². The third-order valence-electron chi connectivity index (χ3n) is 4.70. The van der Waals surface area contributed by atoms with Gasteiger partial charge in [-0.15, -0.1) is 11.3 Å². The lowest BCUT2D eigenvalue weighted by Gasteiger charge is -2.32. The number of anilines is 1. The first-order valence-electron chi connectivity index (χ1n) is 8.28. The highest BCUT2D eigenvalue weighted by Gasteiger charge is 2.26. The van der Waals surface area contributed by atoms with E-state index >= 15 is 0 Å². The predicted octanol–water partition coefficient (Wildman–Crippen LogP) is 2.29. The van der Waals surface area contributed by atoms with Crippen LogP contribution in [-0.4, -0.2) is 37.8 Å². The second kappa shape index (κ2) is 6.01. The number of H-pyrrole nitrogens is 1. The van der Waals surface area contributed by atoms with Crippen LogP contribution in [0, 0.1) is 6.92 Å². The van der Waals surface area contributed by atoms with Crippen molar-refractivity contribution in [1.82, 2.24) is 24.7 Å². The zero-order chi connectivity index (χ0) is 16.7. The van der Waals surface area contributed by atoms with E-state index in [1.54, 1.807) is 22.2 Å². The molecule has 0 saturated carbocycles. The Hall–Kier alpha value is -2.22. The van der Waals surface area contributed by atoms with Crippen molar-refractivity contribution in [3.8, 4) is 0 Å². The minimum absolute atomic E-state index is 0.110. The fourth-order valence-electron chi connectivity index (χ4n) is 3.51. The molecular formula is C16H20N6OS. The van der Waals surface area contributed by atoms with Crippen molar-refractivity contribution < 1.29 is 0 Å². The fourth-order valence-corrected chi connectivity index (χ4v) is 4.35. The maximum Gasteiger partial charge on any atom is 0.343 e. The Morgan fingerprint density at radius 3 is 2.88 bits per heavy atom. The molecule has 1 aliphatic rings. The first kappa shape index (κ1) is 15.3. The maximum atomic E-state index is 11.8. The highest BCUT2D eigenvalue weighted by Crippen LogP contribution is 2.33. The van der Waals surface area contributed by atoms with Gasteiger partial charge in [-0.2, -0.15) is 5.10 Å². The minimum atomic E-state index is -0.110. The Kier molecular flexibility index (Phi) is 3.84. The van der Waals surface area contributed by atoms with Crippen molar-refractivity contribution in [3.05, 3.63) is 33.6 Å². The summed E-state index contributed by atoms with van der Waals surface area (Å²) < 4.78 is 1.74. The summed E-state index contributed by atoms with van der Waals surface area (Å²) in [6, 6.07) is 2.17. The summed E-state index contributed by atoms with van der Waals surface area (Å²) in [7, 11) is 0. The van der Waals surface area contributed by atoms with Gasteiger partial charge in [0.1, 0.15) is 22.8 Å². The topological polar surface area (TPSA) is 79.7 Å². The first-order chi connectivity index (χ1) is 11.7. The smallest absolute Gasteiger partial charge is 0.343 e. The fraction of sp³-hybridized carbons (Fsp3) is 0.500. The van der Waals surface area contributed by atoms with Crippen molar-refractivity contribution in [2.75, 3.05) is 18.0 Å². The third kappa shape index (κ3) is 2.50. The largest absolute Gasteiger partial charge is 0.356 e. The van der Waals surface area contributed by atoms with Gasteiger partial charge < -0.3 is 4.90 Å². The molecular weight excluding hydrogens is 324 g/mol. The molecule has 0 aromatic carbocycles. The van der Waals surface area contributed by atoms with Crippen LogP contribution in [-0.2, 0) is 6.54 Å². The summed E-state index contributed by atoms with van der Waals surface area (Å²) in [6.07, 6.45) is 3.60. The number of thiophene rings is 1. The molecule has 0 amide bonds. The lowest BCUT2D eigenvalue weighted by atomic mass is 9.95. The van der Waals surface area contributed by atoms with Crippen LogP contribution >= 0.6 is 11.3 Å². The minimum Gasteiger partial charge on any atom is -0.356 e. The van der Waals surface area contributed by atoms with E-state index in [1.807, 2.05) is 6.92 Å². The molecule has 0 unspecified atom stereocenters. The summed E-state index contributed by atoms with van der Waals surface area (Å²) in [5, 5.41) is 7.97. The van der Waals surface area contributed by atoms with E-state index in [2.05, 4.69) is 38.1 Å². The molecule has 0 atom stereocenters. The first-order valence-corrected chi connectivity index (χ1v) is 9.10. The van der Waals surface area contributed by atoms with E-state index in [0.29, 0.717) is 12.5 Å². The zero-order valence-electron chi connectivity index (χ0n) is 13.8. The highest BCUT2D eigenvalue weighted by atomic mass is 32.1. The molecule has 4 rings (SSSR count). The number of aromatic amines is 1. The van der Waals surface area contributed by atoms with Gasteiger partial charge in [0.25, 0.3) is 0 Å². The SMILES string of the molecule is CCn1c(C2CCN(c3ncnc4sc(C)cc34)CC2)n[nH]c1=O. The molecule has 1 N–H and O–H groups in total. The van der Waals surface area contributed by atoms with Gasteiger partial charge in [-0.1, -0.05) is 0 Å². The number of rotatable bonds is 3. The van der Waals surface area contributed by atoms with E-state index < -0.39 is 0 Å². The van der Waals surface area contributed by atoms with Gasteiger partial charge in [-0.3, -0.25) is 4.57 Å². The van der Waals surface area contributed by atoms with Crippen LogP contribution < -0.4 is 10.6 Å². The molecule has 0 radical (unpaired) electrons. The van der Waals surface area contributed by atoms with E-state index in [9.17, 15) is 4.79 Å². The summed E-state index contributed by atoms with van der Waals surface area (Å²) in [5.41, 5.74) is -0.110. The maximum absolute atomic E-state index is 11.8. The van der Waals surface area contributed by atoms with E-state index in [1.165, 1.54) is 4.88 Å². The van der Waals surface area contributed by atoms with Gasteiger partial charge in [0.05, 0.1) is 5.39 Å². The van der Waals surface area contributed by atoms with Gasteiger partial charge in [0.15, 0.2) is 0 Å². The molecule has 4 heterocycles. The van der Waals surface area contributed by atoms with Crippen molar-refractivity contribution in [2.45, 2.75) is 39.2 Å². The summed E-state index contributed by atoms with van der Waals surface area (Å²) in [5.74, 6) is 2.24. The molecule has 3 aromatic rings. The van der Waals surface area contributed by atoms with E-state index in [4.69, 9.17) is 0 Å². The van der Waals surface area contributed by atoms with Crippen LogP contribution in [0.25, 0.3) is 10.2 Å². The van der Waals surface area contributed by atoms with Crippen LogP contribution in [0.2, 0.25) is 0 Å². The number of fused-ring (bicyclic) bond motifs is 1. The molecule has 8 heteroatoms. The number of nitrogens with one attached hydrogen (secondary N) is 1. The Morgan fingerprint density at radius 1 is 1.33 bits per heavy atom. The van der Waals surface area contributed by atoms with Crippen LogP contribution in [0.4, 0.5) is 5.82 Å². The Balaban J connectivity index is 1.56. The van der Waals surface area contributed by atoms with Crippen molar-refractivity contribution >= 4 is 27.4 Å². The van der Waals surface area contributed by atoms with Gasteiger partial charge in [-0.05, 0) is 32.8 Å². The molecule has 0 bridgehead atoms. The van der Waals surface area contributed by atoms with E-state index in [-0.39, 0.29) is 5.69 Å². The lowest BCUT2D eigenvalue weighted by Crippen LogP contribution is -2.34. The second-order valence-corrected chi connectivity index (χ2v) is 7.40. The summed E-state index contributed by atoms with van der Waals surface area (Å²) in [4.78, 5) is 25.3. The second-order valence-electron chi connectivity index (χ2n) is 6.17. The molecule has 0 spiro atoms. The average molecular weight is 344 g/mol. The van der Waals surface area contributed by atoms with Crippen molar-refractivity contribution in [1.29, 1.82) is 0 Å². The standard InChI is InChI=1S/C16H20N6OS/c1-3-22-13(19-20-16(22)23)11-4-6-21(7-5-11)14-12-8-10(2)24-15(12)18-9-17-14/h8-9,11H,3-7H2,1-2H3,(H,20,23). The number of piperidine rings is 1. The lowest BCUT2D eigenvalue weighted by molar-refractivity contribution is 0.464. The highest BCUT2D eigenvalue weighted by molar-refractivity contribution is 7.18. The zero-order valence-corrected chi connectivity index (χ0v) is 14.6. The predicted molar refractivity (Wildman–Crippen MR) is 94.9 cm³/mol. The van der Waals surface area contributed by atoms with Gasteiger partial charge in [0, 0.05) is 30.4 Å². The molecule has 1 aliphatic heterocycles. The van der Waals surface area contributed by atoms with Gasteiger partial charge >= 0.3 is 5.69 Å². The van der Waals surface area contributed by atoms with Crippen molar-refractivity contribution in [3.63, 3.8) is 0 Å². The summed E-state index contributed by atoms with van der Waals surface area (Å²) in [6.45, 7) is 6.56. The average Bonchev–Trinajstić information content (AvgIpc) is 3.16. The number of nitrogens with zero attached hydrogens (tertiary/aromatic N) is 5. The number of hydrogen-bond donors (Lipinski definition) is 1. The molecule has 24 heavy (non-hydrogen) atoms. The molecule has 1 fully saturated rings.